The molecule has 8 nitrogen and oxygen atoms in total. The van der Waals surface area contributed by atoms with Crippen LogP contribution in [0.15, 0.2) is 88.9 Å². The van der Waals surface area contributed by atoms with Gasteiger partial charge in [0.05, 0.1) is 17.4 Å². The number of carbonyl (C=O) groups excluding carboxylic acids is 5. The molecule has 1 aliphatic heterocycles. The topological polar surface area (TPSA) is 101 Å². The number of nitrogens with zero attached hydrogens (tertiary/aromatic N) is 2. The van der Waals surface area contributed by atoms with E-state index in [1.54, 1.807) is 24.3 Å². The number of ketones is 1. The van der Waals surface area contributed by atoms with Crippen molar-refractivity contribution in [2.75, 3.05) is 6.54 Å². The van der Waals surface area contributed by atoms with E-state index in [1.807, 2.05) is 13.0 Å². The van der Waals surface area contributed by atoms with Gasteiger partial charge in [0, 0.05) is 20.6 Å². The van der Waals surface area contributed by atoms with Gasteiger partial charge >= 0.3 is 5.97 Å². The number of esters is 1. The summed E-state index contributed by atoms with van der Waals surface area (Å²) in [5, 5.41) is 2.17. The zero-order chi connectivity index (χ0) is 29.3. The number of amides is 3. The van der Waals surface area contributed by atoms with E-state index in [2.05, 4.69) is 15.9 Å². The lowest BCUT2D eigenvalue weighted by Gasteiger charge is -2.30. The lowest BCUT2D eigenvalue weighted by molar-refractivity contribution is -0.154. The van der Waals surface area contributed by atoms with Gasteiger partial charge in [-0.2, -0.15) is 5.01 Å². The number of hydrazine groups is 1. The van der Waals surface area contributed by atoms with Crippen LogP contribution >= 0.6 is 27.5 Å². The van der Waals surface area contributed by atoms with Crippen LogP contribution in [-0.4, -0.2) is 46.0 Å². The Balaban J connectivity index is 1.37. The average Bonchev–Trinajstić information content (AvgIpc) is 3.20. The molecule has 5 rings (SSSR count). The third-order valence-corrected chi connectivity index (χ3v) is 7.91. The van der Waals surface area contributed by atoms with Crippen molar-refractivity contribution in [1.29, 1.82) is 0 Å². The molecule has 0 bridgehead atoms. The Morgan fingerprint density at radius 3 is 2.12 bits per heavy atom. The summed E-state index contributed by atoms with van der Waals surface area (Å²) in [5.74, 6) is -3.70. The molecular weight excluding hydrogens is 612 g/mol. The second kappa shape index (κ2) is 11.8. The highest BCUT2D eigenvalue weighted by atomic mass is 79.9. The first-order valence-electron chi connectivity index (χ1n) is 12.8. The standard InChI is InChI=1S/C31H24BrClN2O6/c1-18-2-15-25-26(16-18)30(39)35(29(25)38)34(28(37)20-5-11-23(33)12-6-20)17-27(36)19-7-13-24(14-8-19)41-31(40)21-3-9-22(32)10-4-21/h2-14,25-26H,15-17H2,1H3/t25-,26+/m1/s1. The van der Waals surface area contributed by atoms with Gasteiger partial charge in [-0.05, 0) is 92.6 Å². The molecule has 0 spiro atoms. The summed E-state index contributed by atoms with van der Waals surface area (Å²) < 4.78 is 6.21. The number of imide groups is 1. The maximum atomic E-state index is 13.6. The highest BCUT2D eigenvalue weighted by Crippen LogP contribution is 2.38. The second-order valence-corrected chi connectivity index (χ2v) is 11.3. The molecule has 2 aliphatic rings. The van der Waals surface area contributed by atoms with Crippen LogP contribution in [0.3, 0.4) is 0 Å². The first-order valence-corrected chi connectivity index (χ1v) is 14.0. The fourth-order valence-corrected chi connectivity index (χ4v) is 5.31. The van der Waals surface area contributed by atoms with Gasteiger partial charge in [-0.1, -0.05) is 39.2 Å². The predicted octanol–water partition coefficient (Wildman–Crippen LogP) is 5.90. The number of ether oxygens (including phenoxy) is 1. The van der Waals surface area contributed by atoms with Gasteiger partial charge in [0.1, 0.15) is 12.3 Å². The molecular formula is C31H24BrClN2O6. The summed E-state index contributed by atoms with van der Waals surface area (Å²) in [6, 6.07) is 18.5. The van der Waals surface area contributed by atoms with E-state index in [9.17, 15) is 24.0 Å². The minimum atomic E-state index is -0.680. The number of hydrogen-bond acceptors (Lipinski definition) is 6. The number of carbonyl (C=O) groups is 5. The molecule has 208 valence electrons. The van der Waals surface area contributed by atoms with Gasteiger partial charge in [0.2, 0.25) is 0 Å². The number of allylic oxidation sites excluding steroid dienone is 2. The van der Waals surface area contributed by atoms with Crippen molar-refractivity contribution in [1.82, 2.24) is 10.0 Å². The lowest BCUT2D eigenvalue weighted by atomic mass is 9.82. The molecule has 0 aromatic heterocycles. The van der Waals surface area contributed by atoms with Crippen molar-refractivity contribution in [3.05, 3.63) is 111 Å². The van der Waals surface area contributed by atoms with E-state index in [0.717, 1.165) is 20.1 Å². The maximum absolute atomic E-state index is 13.6. The fraction of sp³-hybridized carbons (Fsp3) is 0.194. The van der Waals surface area contributed by atoms with Crippen molar-refractivity contribution in [3.8, 4) is 5.75 Å². The van der Waals surface area contributed by atoms with Gasteiger partial charge < -0.3 is 4.74 Å². The first-order chi connectivity index (χ1) is 19.6. The van der Waals surface area contributed by atoms with E-state index < -0.39 is 47.9 Å². The molecule has 1 fully saturated rings. The Morgan fingerprint density at radius 1 is 0.878 bits per heavy atom. The Morgan fingerprint density at radius 2 is 1.46 bits per heavy atom. The highest BCUT2D eigenvalue weighted by Gasteiger charge is 2.51. The maximum Gasteiger partial charge on any atom is 0.343 e. The quantitative estimate of drug-likeness (QED) is 0.105. The average molecular weight is 636 g/mol. The third-order valence-electron chi connectivity index (χ3n) is 7.13. The van der Waals surface area contributed by atoms with Crippen LogP contribution < -0.4 is 4.74 Å². The molecule has 10 heteroatoms. The minimum absolute atomic E-state index is 0.169. The smallest absolute Gasteiger partial charge is 0.343 e. The lowest BCUT2D eigenvalue weighted by Crippen LogP contribution is -2.52. The number of benzene rings is 3. The van der Waals surface area contributed by atoms with Crippen molar-refractivity contribution < 1.29 is 28.7 Å². The Labute approximate surface area is 249 Å². The molecule has 2 atom stereocenters. The van der Waals surface area contributed by atoms with E-state index in [4.69, 9.17) is 16.3 Å². The second-order valence-electron chi connectivity index (χ2n) is 9.91. The molecule has 0 N–H and O–H groups in total. The summed E-state index contributed by atoms with van der Waals surface area (Å²) in [6.45, 7) is 1.35. The molecule has 0 unspecified atom stereocenters. The first kappa shape index (κ1) is 28.4. The summed E-state index contributed by atoms with van der Waals surface area (Å²) >= 11 is 9.29. The van der Waals surface area contributed by atoms with E-state index >= 15 is 0 Å². The van der Waals surface area contributed by atoms with Crippen molar-refractivity contribution in [3.63, 3.8) is 0 Å². The van der Waals surface area contributed by atoms with Gasteiger partial charge in [0.15, 0.2) is 5.78 Å². The Kier molecular flexibility index (Phi) is 8.19. The minimum Gasteiger partial charge on any atom is -0.423 e. The number of rotatable bonds is 7. The summed E-state index contributed by atoms with van der Waals surface area (Å²) in [5.41, 5.74) is 1.73. The Bertz CT molecular complexity index is 1570. The molecule has 1 saturated heterocycles. The molecule has 1 heterocycles. The number of hydrogen-bond donors (Lipinski definition) is 0. The van der Waals surface area contributed by atoms with E-state index in [1.165, 1.54) is 48.5 Å². The zero-order valence-corrected chi connectivity index (χ0v) is 24.2. The molecule has 0 saturated carbocycles. The number of fused-ring (bicyclic) bond motifs is 1. The van der Waals surface area contributed by atoms with E-state index in [-0.39, 0.29) is 16.9 Å². The molecule has 3 aromatic carbocycles. The molecule has 1 aliphatic carbocycles. The van der Waals surface area contributed by atoms with Crippen LogP contribution in [0.1, 0.15) is 50.8 Å². The molecule has 3 amide bonds. The molecule has 0 radical (unpaired) electrons. The SMILES string of the molecule is CC1=CC[C@H]2C(=O)N(N(CC(=O)c3ccc(OC(=O)c4ccc(Br)cc4)cc3)C(=O)c3ccc(Cl)cc3)C(=O)[C@H]2C1. The van der Waals surface area contributed by atoms with Crippen LogP contribution in [0.4, 0.5) is 0 Å². The summed E-state index contributed by atoms with van der Waals surface area (Å²) in [6.07, 6.45) is 2.75. The van der Waals surface area contributed by atoms with Gasteiger partial charge in [0.25, 0.3) is 17.7 Å². The number of halogens is 2. The van der Waals surface area contributed by atoms with Crippen molar-refractivity contribution >= 4 is 57.0 Å². The van der Waals surface area contributed by atoms with Crippen LogP contribution in [-0.2, 0) is 9.59 Å². The summed E-state index contributed by atoms with van der Waals surface area (Å²) in [4.78, 5) is 66.2. The number of Topliss-reactive ketones (excluding diaryl/α,β-unsaturated/α-hetero) is 1. The zero-order valence-electron chi connectivity index (χ0n) is 21.9. The van der Waals surface area contributed by atoms with Crippen LogP contribution in [0.2, 0.25) is 5.02 Å². The fourth-order valence-electron chi connectivity index (χ4n) is 4.92. The monoisotopic (exact) mass is 634 g/mol. The van der Waals surface area contributed by atoms with Gasteiger partial charge in [-0.25, -0.2) is 9.80 Å². The van der Waals surface area contributed by atoms with Crippen molar-refractivity contribution in [2.24, 2.45) is 11.8 Å². The Hall–Kier alpha value is -4.08. The predicted molar refractivity (Wildman–Crippen MR) is 154 cm³/mol. The largest absolute Gasteiger partial charge is 0.423 e. The van der Waals surface area contributed by atoms with Gasteiger partial charge in [-0.3, -0.25) is 19.2 Å². The highest BCUT2D eigenvalue weighted by molar-refractivity contribution is 9.10. The van der Waals surface area contributed by atoms with Crippen LogP contribution in [0, 0.1) is 11.8 Å². The molecule has 41 heavy (non-hydrogen) atoms. The third kappa shape index (κ3) is 6.01. The molecule has 3 aromatic rings. The van der Waals surface area contributed by atoms with Crippen molar-refractivity contribution in [2.45, 2.75) is 19.8 Å². The van der Waals surface area contributed by atoms with Crippen LogP contribution in [0.5, 0.6) is 5.75 Å². The normalized spacial score (nSPS) is 18.0. The van der Waals surface area contributed by atoms with E-state index in [0.29, 0.717) is 23.4 Å². The summed E-state index contributed by atoms with van der Waals surface area (Å²) in [7, 11) is 0. The van der Waals surface area contributed by atoms with Crippen LogP contribution in [0.25, 0.3) is 0 Å². The van der Waals surface area contributed by atoms with Gasteiger partial charge in [-0.15, -0.1) is 0 Å².